The smallest absolute Gasteiger partial charge is 0.238 e. The van der Waals surface area contributed by atoms with E-state index in [1.54, 1.807) is 6.07 Å². The van der Waals surface area contributed by atoms with Gasteiger partial charge in [0.2, 0.25) is 10.0 Å². The van der Waals surface area contributed by atoms with Crippen molar-refractivity contribution in [1.29, 1.82) is 0 Å². The zero-order valence-corrected chi connectivity index (χ0v) is 16.9. The van der Waals surface area contributed by atoms with Crippen molar-refractivity contribution in [2.45, 2.75) is 50.0 Å². The average molecular weight is 385 g/mol. The number of hydrogen-bond donors (Lipinski definition) is 2. The van der Waals surface area contributed by atoms with E-state index in [9.17, 15) is 8.42 Å². The van der Waals surface area contributed by atoms with E-state index in [0.29, 0.717) is 17.5 Å². The summed E-state index contributed by atoms with van der Waals surface area (Å²) >= 11 is 0. The highest BCUT2D eigenvalue weighted by Crippen LogP contribution is 2.33. The van der Waals surface area contributed by atoms with Crippen molar-refractivity contribution in [3.63, 3.8) is 0 Å². The second-order valence-corrected chi connectivity index (χ2v) is 9.11. The summed E-state index contributed by atoms with van der Waals surface area (Å²) < 4.78 is 24.2. The molecule has 0 bridgehead atoms. The number of nitrogens with two attached hydrogens (primary N) is 1. The Morgan fingerprint density at radius 2 is 2.00 bits per heavy atom. The molecule has 1 aliphatic carbocycles. The second kappa shape index (κ2) is 7.97. The molecule has 1 aliphatic rings. The van der Waals surface area contributed by atoms with Crippen LogP contribution in [-0.2, 0) is 22.9 Å². The van der Waals surface area contributed by atoms with E-state index in [-0.39, 0.29) is 4.90 Å². The van der Waals surface area contributed by atoms with E-state index in [2.05, 4.69) is 37.9 Å². The van der Waals surface area contributed by atoms with Gasteiger partial charge in [-0.3, -0.25) is 0 Å². The SMILES string of the molecule is C=CCN[C@@H]1CCc2cc(-c3cc(C(C)C)ccc3S(N)(=O)=O)ccc2C1. The van der Waals surface area contributed by atoms with E-state index in [0.717, 1.165) is 36.9 Å². The zero-order valence-electron chi connectivity index (χ0n) is 16.0. The Kier molecular flexibility index (Phi) is 5.84. The summed E-state index contributed by atoms with van der Waals surface area (Å²) in [4.78, 5) is 0.188. The summed E-state index contributed by atoms with van der Waals surface area (Å²) in [6.07, 6.45) is 4.91. The Balaban J connectivity index is 2.00. The molecule has 3 rings (SSSR count). The van der Waals surface area contributed by atoms with Crippen LogP contribution >= 0.6 is 0 Å². The second-order valence-electron chi connectivity index (χ2n) is 7.58. The van der Waals surface area contributed by atoms with Gasteiger partial charge >= 0.3 is 0 Å². The zero-order chi connectivity index (χ0) is 19.6. The van der Waals surface area contributed by atoms with Crippen LogP contribution in [0.3, 0.4) is 0 Å². The summed E-state index contributed by atoms with van der Waals surface area (Å²) in [5.74, 6) is 0.313. The van der Waals surface area contributed by atoms with Gasteiger partial charge in [0.1, 0.15) is 0 Å². The molecular formula is C22H28N2O2S. The Hall–Kier alpha value is -1.95. The van der Waals surface area contributed by atoms with Crippen LogP contribution in [0.15, 0.2) is 53.9 Å². The number of fused-ring (bicyclic) bond motifs is 1. The molecule has 0 heterocycles. The molecule has 2 aromatic carbocycles. The fourth-order valence-corrected chi connectivity index (χ4v) is 4.47. The standard InChI is InChI=1S/C22H28N2O2S/c1-4-11-24-20-9-7-17-12-19(6-5-18(17)13-20)21-14-16(15(2)3)8-10-22(21)27(23,25)26/h4-6,8,10,12,14-15,20,24H,1,7,9,11,13H2,2-3H3,(H2,23,25,26)/t20-/m1/s1. The molecule has 0 radical (unpaired) electrons. The maximum absolute atomic E-state index is 12.1. The number of nitrogens with one attached hydrogen (secondary N) is 1. The largest absolute Gasteiger partial charge is 0.310 e. The van der Waals surface area contributed by atoms with Gasteiger partial charge in [0, 0.05) is 18.2 Å². The van der Waals surface area contributed by atoms with Crippen LogP contribution in [0.2, 0.25) is 0 Å². The van der Waals surface area contributed by atoms with E-state index in [1.165, 1.54) is 11.1 Å². The fourth-order valence-electron chi connectivity index (χ4n) is 3.73. The first-order chi connectivity index (χ1) is 12.8. The lowest BCUT2D eigenvalue weighted by Gasteiger charge is -2.26. The Bertz CT molecular complexity index is 949. The average Bonchev–Trinajstić information content (AvgIpc) is 2.64. The molecular weight excluding hydrogens is 356 g/mol. The molecule has 0 saturated heterocycles. The Morgan fingerprint density at radius 1 is 1.22 bits per heavy atom. The van der Waals surface area contributed by atoms with E-state index < -0.39 is 10.0 Å². The summed E-state index contributed by atoms with van der Waals surface area (Å²) in [6, 6.07) is 12.2. The van der Waals surface area contributed by atoms with Crippen molar-refractivity contribution in [3.8, 4) is 11.1 Å². The lowest BCUT2D eigenvalue weighted by Crippen LogP contribution is -2.34. The minimum Gasteiger partial charge on any atom is -0.310 e. The van der Waals surface area contributed by atoms with Crippen LogP contribution in [0.1, 0.15) is 42.9 Å². The van der Waals surface area contributed by atoms with Crippen molar-refractivity contribution in [2.75, 3.05) is 6.54 Å². The maximum Gasteiger partial charge on any atom is 0.238 e. The lowest BCUT2D eigenvalue weighted by molar-refractivity contribution is 0.480. The maximum atomic E-state index is 12.1. The number of hydrogen-bond acceptors (Lipinski definition) is 3. The first-order valence-electron chi connectivity index (χ1n) is 9.42. The number of aryl methyl sites for hydroxylation is 1. The molecule has 0 aliphatic heterocycles. The lowest BCUT2D eigenvalue weighted by atomic mass is 9.86. The van der Waals surface area contributed by atoms with Crippen LogP contribution in [0.25, 0.3) is 11.1 Å². The molecule has 0 amide bonds. The van der Waals surface area contributed by atoms with E-state index in [1.807, 2.05) is 24.3 Å². The third-order valence-corrected chi connectivity index (χ3v) is 6.24. The molecule has 2 aromatic rings. The summed E-state index contributed by atoms with van der Waals surface area (Å²) in [6.45, 7) is 8.77. The van der Waals surface area contributed by atoms with Gasteiger partial charge in [-0.1, -0.05) is 44.2 Å². The van der Waals surface area contributed by atoms with Crippen molar-refractivity contribution in [2.24, 2.45) is 5.14 Å². The summed E-state index contributed by atoms with van der Waals surface area (Å²) in [5, 5.41) is 8.97. The molecule has 4 nitrogen and oxygen atoms in total. The highest BCUT2D eigenvalue weighted by molar-refractivity contribution is 7.89. The van der Waals surface area contributed by atoms with Gasteiger partial charge in [-0.2, -0.15) is 0 Å². The number of rotatable bonds is 6. The first kappa shape index (κ1) is 19.8. The molecule has 0 fully saturated rings. The number of benzene rings is 2. The normalized spacial score (nSPS) is 17.0. The molecule has 144 valence electrons. The van der Waals surface area contributed by atoms with Gasteiger partial charge < -0.3 is 5.32 Å². The van der Waals surface area contributed by atoms with Crippen molar-refractivity contribution in [3.05, 3.63) is 65.7 Å². The third kappa shape index (κ3) is 4.49. The minimum atomic E-state index is -3.78. The monoisotopic (exact) mass is 384 g/mol. The van der Waals surface area contributed by atoms with Crippen LogP contribution in [0.5, 0.6) is 0 Å². The van der Waals surface area contributed by atoms with Crippen LogP contribution < -0.4 is 10.5 Å². The molecule has 3 N–H and O–H groups in total. The quantitative estimate of drug-likeness (QED) is 0.745. The van der Waals surface area contributed by atoms with E-state index >= 15 is 0 Å². The molecule has 0 aromatic heterocycles. The number of primary sulfonamides is 1. The number of sulfonamides is 1. The van der Waals surface area contributed by atoms with Crippen LogP contribution in [0, 0.1) is 0 Å². The van der Waals surface area contributed by atoms with Gasteiger partial charge in [-0.15, -0.1) is 6.58 Å². The fraction of sp³-hybridized carbons (Fsp3) is 0.364. The van der Waals surface area contributed by atoms with Gasteiger partial charge in [0.05, 0.1) is 4.90 Å². The van der Waals surface area contributed by atoms with Crippen molar-refractivity contribution < 1.29 is 8.42 Å². The Labute approximate surface area is 162 Å². The first-order valence-corrected chi connectivity index (χ1v) is 11.0. The third-order valence-electron chi connectivity index (χ3n) is 5.27. The molecule has 1 atom stereocenters. The van der Waals surface area contributed by atoms with Crippen LogP contribution in [-0.4, -0.2) is 21.0 Å². The van der Waals surface area contributed by atoms with Gasteiger partial charge in [0.25, 0.3) is 0 Å². The highest BCUT2D eigenvalue weighted by atomic mass is 32.2. The summed E-state index contributed by atoms with van der Waals surface area (Å²) in [7, 11) is -3.78. The van der Waals surface area contributed by atoms with Gasteiger partial charge in [-0.25, -0.2) is 13.6 Å². The summed E-state index contributed by atoms with van der Waals surface area (Å²) in [5.41, 5.74) is 5.32. The van der Waals surface area contributed by atoms with Gasteiger partial charge in [0.15, 0.2) is 0 Å². The van der Waals surface area contributed by atoms with Crippen molar-refractivity contribution in [1.82, 2.24) is 5.32 Å². The predicted molar refractivity (Wildman–Crippen MR) is 111 cm³/mol. The highest BCUT2D eigenvalue weighted by Gasteiger charge is 2.21. The molecule has 27 heavy (non-hydrogen) atoms. The predicted octanol–water partition coefficient (Wildman–Crippen LogP) is 3.76. The minimum absolute atomic E-state index is 0.188. The van der Waals surface area contributed by atoms with Crippen LogP contribution in [0.4, 0.5) is 0 Å². The van der Waals surface area contributed by atoms with E-state index in [4.69, 9.17) is 5.14 Å². The van der Waals surface area contributed by atoms with Gasteiger partial charge in [-0.05, 0) is 59.6 Å². The molecule has 0 spiro atoms. The topological polar surface area (TPSA) is 72.2 Å². The Morgan fingerprint density at radius 3 is 2.67 bits per heavy atom. The molecule has 5 heteroatoms. The molecule has 0 saturated carbocycles. The molecule has 0 unspecified atom stereocenters. The van der Waals surface area contributed by atoms with Crippen molar-refractivity contribution >= 4 is 10.0 Å².